The first-order valence-electron chi connectivity index (χ1n) is 6.98. The smallest absolute Gasteiger partial charge is 0.251 e. The van der Waals surface area contributed by atoms with Crippen LogP contribution in [0.2, 0.25) is 0 Å². The Morgan fingerprint density at radius 3 is 2.32 bits per heavy atom. The first kappa shape index (κ1) is 18.4. The summed E-state index contributed by atoms with van der Waals surface area (Å²) in [6.45, 7) is 2.64. The second-order valence-corrected chi connectivity index (χ2v) is 4.98. The molecular formula is C15H23ClN2O4. The minimum atomic E-state index is -0.138. The van der Waals surface area contributed by atoms with Crippen LogP contribution >= 0.6 is 12.4 Å². The molecule has 2 N–H and O–H groups in total. The number of amides is 1. The largest absolute Gasteiger partial charge is 0.493 e. The molecule has 22 heavy (non-hydrogen) atoms. The van der Waals surface area contributed by atoms with Crippen molar-refractivity contribution >= 4 is 18.3 Å². The molecule has 0 aromatic heterocycles. The number of hydrogen-bond donors (Lipinski definition) is 2. The molecule has 1 saturated heterocycles. The Balaban J connectivity index is 0.00000242. The van der Waals surface area contributed by atoms with Gasteiger partial charge in [0.25, 0.3) is 5.91 Å². The number of nitrogens with one attached hydrogen (secondary N) is 2. The van der Waals surface area contributed by atoms with E-state index in [1.807, 2.05) is 0 Å². The van der Waals surface area contributed by atoms with Crippen LogP contribution in [-0.4, -0.2) is 46.9 Å². The minimum absolute atomic E-state index is 0. The summed E-state index contributed by atoms with van der Waals surface area (Å²) >= 11 is 0. The van der Waals surface area contributed by atoms with Gasteiger partial charge in [-0.15, -0.1) is 12.4 Å². The topological polar surface area (TPSA) is 68.8 Å². The molecule has 1 aromatic carbocycles. The molecule has 7 heteroatoms. The monoisotopic (exact) mass is 330 g/mol. The van der Waals surface area contributed by atoms with Crippen LogP contribution in [0.15, 0.2) is 12.1 Å². The second-order valence-electron chi connectivity index (χ2n) is 4.98. The zero-order chi connectivity index (χ0) is 15.2. The van der Waals surface area contributed by atoms with Gasteiger partial charge in [0.15, 0.2) is 11.5 Å². The summed E-state index contributed by atoms with van der Waals surface area (Å²) < 4.78 is 15.7. The Hall–Kier alpha value is -1.66. The number of rotatable bonds is 6. The van der Waals surface area contributed by atoms with Crippen LogP contribution < -0.4 is 24.8 Å². The number of ether oxygens (including phenoxy) is 3. The van der Waals surface area contributed by atoms with E-state index in [9.17, 15) is 4.79 Å². The Morgan fingerprint density at radius 2 is 1.86 bits per heavy atom. The van der Waals surface area contributed by atoms with Gasteiger partial charge in [-0.3, -0.25) is 4.79 Å². The number of hydrogen-bond acceptors (Lipinski definition) is 5. The Morgan fingerprint density at radius 1 is 1.23 bits per heavy atom. The summed E-state index contributed by atoms with van der Waals surface area (Å²) in [6.07, 6.45) is 1.09. The van der Waals surface area contributed by atoms with Crippen molar-refractivity contribution in [2.24, 2.45) is 5.92 Å². The highest BCUT2D eigenvalue weighted by Crippen LogP contribution is 2.38. The van der Waals surface area contributed by atoms with E-state index in [1.165, 1.54) is 21.3 Å². The third kappa shape index (κ3) is 4.18. The fourth-order valence-electron chi connectivity index (χ4n) is 2.44. The fraction of sp³-hybridized carbons (Fsp3) is 0.533. The first-order chi connectivity index (χ1) is 10.2. The van der Waals surface area contributed by atoms with Crippen molar-refractivity contribution in [1.29, 1.82) is 0 Å². The maximum atomic E-state index is 12.3. The van der Waals surface area contributed by atoms with Crippen molar-refractivity contribution in [2.75, 3.05) is 41.0 Å². The lowest BCUT2D eigenvalue weighted by molar-refractivity contribution is 0.0947. The van der Waals surface area contributed by atoms with Crippen LogP contribution in [0.5, 0.6) is 17.2 Å². The zero-order valence-corrected chi connectivity index (χ0v) is 13.9. The number of carbonyl (C=O) groups excluding carboxylic acids is 1. The summed E-state index contributed by atoms with van der Waals surface area (Å²) in [5.74, 6) is 1.79. The molecule has 2 rings (SSSR count). The third-order valence-corrected chi connectivity index (χ3v) is 3.64. The summed E-state index contributed by atoms with van der Waals surface area (Å²) in [5, 5.41) is 6.23. The molecule has 0 saturated carbocycles. The van der Waals surface area contributed by atoms with E-state index in [0.717, 1.165) is 19.5 Å². The second kappa shape index (κ2) is 8.70. The van der Waals surface area contributed by atoms with Gasteiger partial charge in [0.2, 0.25) is 5.75 Å². The summed E-state index contributed by atoms with van der Waals surface area (Å²) in [4.78, 5) is 12.3. The number of halogens is 1. The summed E-state index contributed by atoms with van der Waals surface area (Å²) in [7, 11) is 4.60. The van der Waals surface area contributed by atoms with Crippen molar-refractivity contribution in [1.82, 2.24) is 10.6 Å². The molecule has 1 unspecified atom stereocenters. The molecule has 1 aliphatic rings. The molecule has 0 aliphatic carbocycles. The lowest BCUT2D eigenvalue weighted by Gasteiger charge is -2.15. The van der Waals surface area contributed by atoms with Crippen molar-refractivity contribution in [3.05, 3.63) is 17.7 Å². The average molecular weight is 331 g/mol. The van der Waals surface area contributed by atoms with Gasteiger partial charge < -0.3 is 24.8 Å². The van der Waals surface area contributed by atoms with Gasteiger partial charge in [-0.25, -0.2) is 0 Å². The van der Waals surface area contributed by atoms with E-state index in [2.05, 4.69) is 10.6 Å². The molecule has 6 nitrogen and oxygen atoms in total. The van der Waals surface area contributed by atoms with Crippen molar-refractivity contribution < 1.29 is 19.0 Å². The number of methoxy groups -OCH3 is 3. The molecule has 1 aromatic rings. The molecular weight excluding hydrogens is 308 g/mol. The van der Waals surface area contributed by atoms with E-state index in [1.54, 1.807) is 12.1 Å². The quantitative estimate of drug-likeness (QED) is 0.826. The van der Waals surface area contributed by atoms with Gasteiger partial charge in [0.1, 0.15) is 0 Å². The highest BCUT2D eigenvalue weighted by molar-refractivity contribution is 5.95. The van der Waals surface area contributed by atoms with Crippen LogP contribution in [0.1, 0.15) is 16.8 Å². The van der Waals surface area contributed by atoms with Crippen molar-refractivity contribution in [3.8, 4) is 17.2 Å². The maximum Gasteiger partial charge on any atom is 0.251 e. The number of carbonyl (C=O) groups is 1. The molecule has 1 amide bonds. The standard InChI is InChI=1S/C15H22N2O4.ClH/c1-19-12-6-11(7-13(20-2)14(12)21-3)15(18)17-9-10-4-5-16-8-10;/h6-7,10,16H,4-5,8-9H2,1-3H3,(H,17,18);1H. The average Bonchev–Trinajstić information content (AvgIpc) is 3.04. The van der Waals surface area contributed by atoms with Crippen LogP contribution in [0.4, 0.5) is 0 Å². The SMILES string of the molecule is COc1cc(C(=O)NCC2CCNC2)cc(OC)c1OC.Cl. The van der Waals surface area contributed by atoms with Gasteiger partial charge in [-0.2, -0.15) is 0 Å². The van der Waals surface area contributed by atoms with Gasteiger partial charge in [0.05, 0.1) is 21.3 Å². The molecule has 0 radical (unpaired) electrons. The van der Waals surface area contributed by atoms with Crippen LogP contribution in [0.25, 0.3) is 0 Å². The van der Waals surface area contributed by atoms with E-state index in [4.69, 9.17) is 14.2 Å². The summed E-state index contributed by atoms with van der Waals surface area (Å²) in [5.41, 5.74) is 0.496. The highest BCUT2D eigenvalue weighted by atomic mass is 35.5. The van der Waals surface area contributed by atoms with Crippen LogP contribution in [0, 0.1) is 5.92 Å². The van der Waals surface area contributed by atoms with Gasteiger partial charge in [-0.05, 0) is 37.6 Å². The predicted octanol–water partition coefficient (Wildman–Crippen LogP) is 1.47. The van der Waals surface area contributed by atoms with Gasteiger partial charge >= 0.3 is 0 Å². The molecule has 0 spiro atoms. The Labute approximate surface area is 136 Å². The highest BCUT2D eigenvalue weighted by Gasteiger charge is 2.19. The van der Waals surface area contributed by atoms with Crippen molar-refractivity contribution in [2.45, 2.75) is 6.42 Å². The van der Waals surface area contributed by atoms with Gasteiger partial charge in [0, 0.05) is 12.1 Å². The molecule has 1 atom stereocenters. The Kier molecular flexibility index (Phi) is 7.27. The van der Waals surface area contributed by atoms with E-state index < -0.39 is 0 Å². The molecule has 1 heterocycles. The van der Waals surface area contributed by atoms with E-state index in [0.29, 0.717) is 35.3 Å². The predicted molar refractivity (Wildman–Crippen MR) is 86.7 cm³/mol. The molecule has 0 bridgehead atoms. The number of benzene rings is 1. The van der Waals surface area contributed by atoms with Crippen molar-refractivity contribution in [3.63, 3.8) is 0 Å². The van der Waals surface area contributed by atoms with Crippen LogP contribution in [0.3, 0.4) is 0 Å². The summed E-state index contributed by atoms with van der Waals surface area (Å²) in [6, 6.07) is 3.31. The van der Waals surface area contributed by atoms with E-state index >= 15 is 0 Å². The molecule has 124 valence electrons. The lowest BCUT2D eigenvalue weighted by atomic mass is 10.1. The van der Waals surface area contributed by atoms with Gasteiger partial charge in [-0.1, -0.05) is 0 Å². The molecule has 1 aliphatic heterocycles. The Bertz CT molecular complexity index is 479. The minimum Gasteiger partial charge on any atom is -0.493 e. The van der Waals surface area contributed by atoms with Crippen LogP contribution in [-0.2, 0) is 0 Å². The zero-order valence-electron chi connectivity index (χ0n) is 13.1. The third-order valence-electron chi connectivity index (χ3n) is 3.64. The lowest BCUT2D eigenvalue weighted by Crippen LogP contribution is -2.30. The maximum absolute atomic E-state index is 12.3. The normalized spacial score (nSPS) is 16.6. The fourth-order valence-corrected chi connectivity index (χ4v) is 2.44. The molecule has 1 fully saturated rings. The van der Waals surface area contributed by atoms with E-state index in [-0.39, 0.29) is 18.3 Å². The first-order valence-corrected chi connectivity index (χ1v) is 6.98.